The van der Waals surface area contributed by atoms with Crippen LogP contribution in [0.25, 0.3) is 0 Å². The molecule has 0 spiro atoms. The van der Waals surface area contributed by atoms with Crippen molar-refractivity contribution in [2.24, 2.45) is 5.73 Å². The lowest BCUT2D eigenvalue weighted by Crippen LogP contribution is -2.39. The minimum absolute atomic E-state index is 0.0957. The van der Waals surface area contributed by atoms with E-state index in [9.17, 15) is 13.2 Å². The number of rotatable bonds is 4. The Kier molecular flexibility index (Phi) is 4.42. The fourth-order valence-corrected chi connectivity index (χ4v) is 2.78. The van der Waals surface area contributed by atoms with Crippen molar-refractivity contribution in [2.45, 2.75) is 12.0 Å². The van der Waals surface area contributed by atoms with Gasteiger partial charge in [0.25, 0.3) is 0 Å². The van der Waals surface area contributed by atoms with Crippen molar-refractivity contribution < 1.29 is 13.2 Å². The average molecular weight is 297 g/mol. The van der Waals surface area contributed by atoms with Crippen molar-refractivity contribution in [3.8, 4) is 0 Å². The lowest BCUT2D eigenvalue weighted by molar-refractivity contribution is -0.128. The predicted molar refractivity (Wildman–Crippen MR) is 76.6 cm³/mol. The standard InChI is InChI=1S/C13H19N3O3S/c1-20(18,19)15-7-13(17)16-8-11(12(14)9-16)10-5-3-2-4-6-10/h2-6,11-12,15H,7-9,14H2,1H3. The zero-order chi connectivity index (χ0) is 14.8. The summed E-state index contributed by atoms with van der Waals surface area (Å²) in [6.45, 7) is 0.756. The summed E-state index contributed by atoms with van der Waals surface area (Å²) in [5.41, 5.74) is 7.19. The normalized spacial score (nSPS) is 23.0. The molecule has 3 N–H and O–H groups in total. The Morgan fingerprint density at radius 2 is 2.00 bits per heavy atom. The summed E-state index contributed by atoms with van der Waals surface area (Å²) < 4.78 is 24.2. The first kappa shape index (κ1) is 15.0. The summed E-state index contributed by atoms with van der Waals surface area (Å²) in [5.74, 6) is -0.150. The van der Waals surface area contributed by atoms with Crippen LogP contribution in [0.3, 0.4) is 0 Å². The summed E-state index contributed by atoms with van der Waals surface area (Å²) in [7, 11) is -3.36. The minimum atomic E-state index is -3.36. The molecule has 0 aliphatic carbocycles. The Morgan fingerprint density at radius 1 is 1.35 bits per heavy atom. The number of carbonyl (C=O) groups excluding carboxylic acids is 1. The maximum atomic E-state index is 12.0. The second-order valence-electron chi connectivity index (χ2n) is 5.07. The van der Waals surface area contributed by atoms with Crippen LogP contribution in [-0.4, -0.2) is 51.2 Å². The summed E-state index contributed by atoms with van der Waals surface area (Å²) in [5, 5.41) is 0. The van der Waals surface area contributed by atoms with Crippen LogP contribution in [0, 0.1) is 0 Å². The van der Waals surface area contributed by atoms with Crippen LogP contribution in [0.15, 0.2) is 30.3 Å². The van der Waals surface area contributed by atoms with Crippen molar-refractivity contribution in [3.63, 3.8) is 0 Å². The van der Waals surface area contributed by atoms with Gasteiger partial charge in [-0.15, -0.1) is 0 Å². The highest BCUT2D eigenvalue weighted by atomic mass is 32.2. The summed E-state index contributed by atoms with van der Waals surface area (Å²) in [6, 6.07) is 9.68. The zero-order valence-corrected chi connectivity index (χ0v) is 12.1. The molecule has 0 saturated carbocycles. The topological polar surface area (TPSA) is 92.5 Å². The number of amides is 1. The van der Waals surface area contributed by atoms with Gasteiger partial charge in [0.1, 0.15) is 0 Å². The number of hydrogen-bond acceptors (Lipinski definition) is 4. The molecule has 1 amide bonds. The van der Waals surface area contributed by atoms with Gasteiger partial charge < -0.3 is 10.6 Å². The van der Waals surface area contributed by atoms with E-state index in [-0.39, 0.29) is 24.4 Å². The number of carbonyl (C=O) groups is 1. The van der Waals surface area contributed by atoms with Crippen LogP contribution in [-0.2, 0) is 14.8 Å². The van der Waals surface area contributed by atoms with Crippen molar-refractivity contribution in [1.29, 1.82) is 0 Å². The maximum absolute atomic E-state index is 12.0. The Balaban J connectivity index is 1.98. The van der Waals surface area contributed by atoms with Crippen LogP contribution in [0.2, 0.25) is 0 Å². The molecule has 1 aliphatic heterocycles. The number of hydrogen-bond donors (Lipinski definition) is 2. The van der Waals surface area contributed by atoms with E-state index in [0.717, 1.165) is 11.8 Å². The highest BCUT2D eigenvalue weighted by Gasteiger charge is 2.33. The van der Waals surface area contributed by atoms with Crippen molar-refractivity contribution in [1.82, 2.24) is 9.62 Å². The number of likely N-dealkylation sites (tertiary alicyclic amines) is 1. The summed E-state index contributed by atoms with van der Waals surface area (Å²) >= 11 is 0. The van der Waals surface area contributed by atoms with E-state index in [2.05, 4.69) is 4.72 Å². The Bertz CT molecular complexity index is 574. The predicted octanol–water partition coefficient (Wildman–Crippen LogP) is -0.511. The minimum Gasteiger partial charge on any atom is -0.339 e. The molecule has 2 atom stereocenters. The van der Waals surface area contributed by atoms with Gasteiger partial charge in [-0.25, -0.2) is 13.1 Å². The van der Waals surface area contributed by atoms with Gasteiger partial charge in [-0.1, -0.05) is 30.3 Å². The van der Waals surface area contributed by atoms with Crippen LogP contribution < -0.4 is 10.5 Å². The van der Waals surface area contributed by atoms with E-state index >= 15 is 0 Å². The molecule has 0 aromatic heterocycles. The average Bonchev–Trinajstić information content (AvgIpc) is 2.78. The van der Waals surface area contributed by atoms with E-state index in [1.807, 2.05) is 30.3 Å². The van der Waals surface area contributed by atoms with E-state index in [4.69, 9.17) is 5.73 Å². The largest absolute Gasteiger partial charge is 0.339 e. The molecule has 1 aromatic carbocycles. The second kappa shape index (κ2) is 5.90. The maximum Gasteiger partial charge on any atom is 0.237 e. The Labute approximate surface area is 119 Å². The number of benzene rings is 1. The highest BCUT2D eigenvalue weighted by Crippen LogP contribution is 2.26. The third-order valence-electron chi connectivity index (χ3n) is 3.43. The molecule has 1 saturated heterocycles. The van der Waals surface area contributed by atoms with Gasteiger partial charge in [0.2, 0.25) is 15.9 Å². The fraction of sp³-hybridized carbons (Fsp3) is 0.462. The molecule has 110 valence electrons. The number of nitrogens with one attached hydrogen (secondary N) is 1. The van der Waals surface area contributed by atoms with Gasteiger partial charge in [0.05, 0.1) is 12.8 Å². The number of sulfonamides is 1. The summed E-state index contributed by atoms with van der Waals surface area (Å²) in [4.78, 5) is 13.6. The molecule has 6 nitrogen and oxygen atoms in total. The molecular weight excluding hydrogens is 278 g/mol. The fourth-order valence-electron chi connectivity index (χ4n) is 2.39. The number of nitrogens with two attached hydrogens (primary N) is 1. The van der Waals surface area contributed by atoms with Gasteiger partial charge >= 0.3 is 0 Å². The molecular formula is C13H19N3O3S. The molecule has 0 bridgehead atoms. The van der Waals surface area contributed by atoms with Gasteiger partial charge in [-0.05, 0) is 5.56 Å². The molecule has 2 unspecified atom stereocenters. The monoisotopic (exact) mass is 297 g/mol. The molecule has 0 radical (unpaired) electrons. The Morgan fingerprint density at radius 3 is 2.60 bits per heavy atom. The zero-order valence-electron chi connectivity index (χ0n) is 11.3. The molecule has 1 heterocycles. The Hall–Kier alpha value is -1.44. The van der Waals surface area contributed by atoms with Crippen molar-refractivity contribution in [2.75, 3.05) is 25.9 Å². The van der Waals surface area contributed by atoms with Crippen LogP contribution in [0.5, 0.6) is 0 Å². The van der Waals surface area contributed by atoms with Crippen LogP contribution in [0.4, 0.5) is 0 Å². The lowest BCUT2D eigenvalue weighted by atomic mass is 9.95. The van der Waals surface area contributed by atoms with E-state index in [1.165, 1.54) is 0 Å². The second-order valence-corrected chi connectivity index (χ2v) is 6.91. The lowest BCUT2D eigenvalue weighted by Gasteiger charge is -2.16. The third-order valence-corrected chi connectivity index (χ3v) is 4.10. The first-order valence-electron chi connectivity index (χ1n) is 6.40. The number of nitrogens with zero attached hydrogens (tertiary/aromatic N) is 1. The molecule has 1 aliphatic rings. The van der Waals surface area contributed by atoms with E-state index in [1.54, 1.807) is 4.90 Å². The first-order valence-corrected chi connectivity index (χ1v) is 8.29. The molecule has 2 rings (SSSR count). The van der Waals surface area contributed by atoms with Gasteiger partial charge in [-0.3, -0.25) is 4.79 Å². The quantitative estimate of drug-likeness (QED) is 0.783. The van der Waals surface area contributed by atoms with E-state index < -0.39 is 10.0 Å². The first-order chi connectivity index (χ1) is 9.37. The van der Waals surface area contributed by atoms with Crippen molar-refractivity contribution in [3.05, 3.63) is 35.9 Å². The molecule has 7 heteroatoms. The molecule has 1 aromatic rings. The van der Waals surface area contributed by atoms with E-state index in [0.29, 0.717) is 13.1 Å². The van der Waals surface area contributed by atoms with Crippen LogP contribution in [0.1, 0.15) is 11.5 Å². The SMILES string of the molecule is CS(=O)(=O)NCC(=O)N1CC(N)C(c2ccccc2)C1. The van der Waals surface area contributed by atoms with Crippen LogP contribution >= 0.6 is 0 Å². The van der Waals surface area contributed by atoms with Gasteiger partial charge in [0, 0.05) is 25.0 Å². The smallest absolute Gasteiger partial charge is 0.237 e. The van der Waals surface area contributed by atoms with Gasteiger partial charge in [-0.2, -0.15) is 0 Å². The summed E-state index contributed by atoms with van der Waals surface area (Å²) in [6.07, 6.45) is 1.03. The van der Waals surface area contributed by atoms with Crippen molar-refractivity contribution >= 4 is 15.9 Å². The molecule has 1 fully saturated rings. The molecule has 20 heavy (non-hydrogen) atoms. The van der Waals surface area contributed by atoms with Gasteiger partial charge in [0.15, 0.2) is 0 Å². The third kappa shape index (κ3) is 3.78. The highest BCUT2D eigenvalue weighted by molar-refractivity contribution is 7.88.